The summed E-state index contributed by atoms with van der Waals surface area (Å²) >= 11 is 13.5. The molecule has 0 aliphatic rings. The summed E-state index contributed by atoms with van der Waals surface area (Å²) in [7, 11) is 0. The zero-order valence-corrected chi connectivity index (χ0v) is 13.5. The van der Waals surface area contributed by atoms with Gasteiger partial charge >= 0.3 is 0 Å². The molecule has 0 heterocycles. The molecule has 0 radical (unpaired) electrons. The molecule has 1 unspecified atom stereocenters. The molecule has 0 aliphatic heterocycles. The molecule has 0 spiro atoms. The lowest BCUT2D eigenvalue weighted by Crippen LogP contribution is -2.11. The molecule has 2 nitrogen and oxygen atoms in total. The molecule has 0 N–H and O–H groups in total. The van der Waals surface area contributed by atoms with Gasteiger partial charge in [0.25, 0.3) is 0 Å². The van der Waals surface area contributed by atoms with Gasteiger partial charge in [-0.05, 0) is 36.1 Å². The summed E-state index contributed by atoms with van der Waals surface area (Å²) in [6, 6.07) is 14.0. The topological polar surface area (TPSA) is 40.9 Å². The average molecular weight is 336 g/mol. The summed E-state index contributed by atoms with van der Waals surface area (Å²) in [4.78, 5) is 13.6. The molecule has 0 aromatic heterocycles. The van der Waals surface area contributed by atoms with Crippen molar-refractivity contribution >= 4 is 40.7 Å². The summed E-state index contributed by atoms with van der Waals surface area (Å²) in [5.74, 6) is -1.20. The van der Waals surface area contributed by atoms with Gasteiger partial charge in [-0.1, -0.05) is 41.4 Å². The SMILES string of the molecule is CSc1ccc(C(=O)C(C#N)c2ccc(Cl)cc2Cl)cc1. The van der Waals surface area contributed by atoms with Crippen LogP contribution < -0.4 is 0 Å². The molecule has 0 aliphatic carbocycles. The van der Waals surface area contributed by atoms with Gasteiger partial charge in [-0.15, -0.1) is 11.8 Å². The van der Waals surface area contributed by atoms with Gasteiger partial charge in [0, 0.05) is 20.5 Å². The van der Waals surface area contributed by atoms with Crippen LogP contribution in [0.3, 0.4) is 0 Å². The van der Waals surface area contributed by atoms with Crippen LogP contribution in [0.2, 0.25) is 10.0 Å². The Balaban J connectivity index is 2.36. The van der Waals surface area contributed by atoms with Gasteiger partial charge in [0.2, 0.25) is 0 Å². The largest absolute Gasteiger partial charge is 0.292 e. The molecule has 0 fully saturated rings. The number of nitriles is 1. The van der Waals surface area contributed by atoms with Gasteiger partial charge in [0.05, 0.1) is 6.07 Å². The summed E-state index contributed by atoms with van der Waals surface area (Å²) < 4.78 is 0. The van der Waals surface area contributed by atoms with Crippen molar-refractivity contribution < 1.29 is 4.79 Å². The Kier molecular flexibility index (Phi) is 5.30. The van der Waals surface area contributed by atoms with Gasteiger partial charge in [-0.2, -0.15) is 5.26 Å². The fourth-order valence-corrected chi connectivity index (χ4v) is 2.85. The van der Waals surface area contributed by atoms with Crippen LogP contribution in [0.15, 0.2) is 47.4 Å². The minimum absolute atomic E-state index is 0.269. The van der Waals surface area contributed by atoms with Crippen LogP contribution in [0, 0.1) is 11.3 Å². The molecule has 21 heavy (non-hydrogen) atoms. The number of hydrogen-bond acceptors (Lipinski definition) is 3. The van der Waals surface area contributed by atoms with Gasteiger partial charge in [0.15, 0.2) is 5.78 Å². The van der Waals surface area contributed by atoms with Gasteiger partial charge in [-0.3, -0.25) is 4.79 Å². The van der Waals surface area contributed by atoms with E-state index >= 15 is 0 Å². The molecule has 1 atom stereocenters. The van der Waals surface area contributed by atoms with E-state index in [4.69, 9.17) is 23.2 Å². The highest BCUT2D eigenvalue weighted by Gasteiger charge is 2.24. The molecule has 106 valence electrons. The van der Waals surface area contributed by atoms with E-state index < -0.39 is 5.92 Å². The number of hydrogen-bond donors (Lipinski definition) is 0. The van der Waals surface area contributed by atoms with Gasteiger partial charge in [0.1, 0.15) is 5.92 Å². The minimum atomic E-state index is -0.935. The second-order valence-electron chi connectivity index (χ2n) is 4.32. The number of rotatable bonds is 4. The molecule has 0 bridgehead atoms. The van der Waals surface area contributed by atoms with Gasteiger partial charge in [-0.25, -0.2) is 0 Å². The van der Waals surface area contributed by atoms with E-state index in [0.29, 0.717) is 21.2 Å². The van der Waals surface area contributed by atoms with E-state index in [-0.39, 0.29) is 5.78 Å². The first-order chi connectivity index (χ1) is 10.1. The molecule has 0 saturated heterocycles. The van der Waals surface area contributed by atoms with Crippen LogP contribution in [0.25, 0.3) is 0 Å². The summed E-state index contributed by atoms with van der Waals surface area (Å²) in [5.41, 5.74) is 0.966. The number of benzene rings is 2. The molecule has 2 rings (SSSR count). The lowest BCUT2D eigenvalue weighted by molar-refractivity contribution is 0.0979. The number of thioether (sulfide) groups is 1. The quantitative estimate of drug-likeness (QED) is 0.569. The third kappa shape index (κ3) is 3.59. The lowest BCUT2D eigenvalue weighted by Gasteiger charge is -2.11. The van der Waals surface area contributed by atoms with Crippen molar-refractivity contribution in [2.24, 2.45) is 0 Å². The summed E-state index contributed by atoms with van der Waals surface area (Å²) in [6.07, 6.45) is 1.96. The average Bonchev–Trinajstić information content (AvgIpc) is 2.50. The third-order valence-corrected chi connectivity index (χ3v) is 4.35. The number of carbonyl (C=O) groups is 1. The molecule has 5 heteroatoms. The molecule has 0 amide bonds. The van der Waals surface area contributed by atoms with E-state index in [9.17, 15) is 10.1 Å². The van der Waals surface area contributed by atoms with Crippen molar-refractivity contribution in [1.29, 1.82) is 5.26 Å². The van der Waals surface area contributed by atoms with E-state index in [0.717, 1.165) is 4.90 Å². The first kappa shape index (κ1) is 15.9. The van der Waals surface area contributed by atoms with Crippen LogP contribution in [0.4, 0.5) is 0 Å². The normalized spacial score (nSPS) is 11.7. The lowest BCUT2D eigenvalue weighted by atomic mass is 9.92. The van der Waals surface area contributed by atoms with E-state index in [1.54, 1.807) is 36.0 Å². The molecule has 2 aromatic carbocycles. The van der Waals surface area contributed by atoms with Crippen LogP contribution in [-0.4, -0.2) is 12.0 Å². The van der Waals surface area contributed by atoms with E-state index in [1.165, 1.54) is 6.07 Å². The Morgan fingerprint density at radius 1 is 1.19 bits per heavy atom. The summed E-state index contributed by atoms with van der Waals surface area (Å²) in [5, 5.41) is 10.1. The van der Waals surface area contributed by atoms with Crippen molar-refractivity contribution in [3.63, 3.8) is 0 Å². The van der Waals surface area contributed by atoms with Crippen LogP contribution in [-0.2, 0) is 0 Å². The maximum Gasteiger partial charge on any atom is 0.184 e. The zero-order valence-electron chi connectivity index (χ0n) is 11.1. The monoisotopic (exact) mass is 335 g/mol. The predicted molar refractivity (Wildman–Crippen MR) is 87.4 cm³/mol. The smallest absolute Gasteiger partial charge is 0.184 e. The zero-order chi connectivity index (χ0) is 15.4. The number of ketones is 1. The Bertz CT molecular complexity index is 707. The van der Waals surface area contributed by atoms with Crippen LogP contribution in [0.5, 0.6) is 0 Å². The predicted octanol–water partition coefficient (Wildman–Crippen LogP) is 5.21. The van der Waals surface area contributed by atoms with Crippen molar-refractivity contribution in [2.75, 3.05) is 6.26 Å². The van der Waals surface area contributed by atoms with Crippen molar-refractivity contribution in [2.45, 2.75) is 10.8 Å². The standard InChI is InChI=1S/C16H11Cl2NOS/c1-21-12-5-2-10(3-6-12)16(20)14(9-19)13-7-4-11(17)8-15(13)18/h2-8,14H,1H3. The Labute approximate surface area is 137 Å². The maximum absolute atomic E-state index is 12.5. The highest BCUT2D eigenvalue weighted by Crippen LogP contribution is 2.30. The molecular weight excluding hydrogens is 325 g/mol. The Morgan fingerprint density at radius 3 is 2.38 bits per heavy atom. The molecular formula is C16H11Cl2NOS. The maximum atomic E-state index is 12.5. The number of carbonyl (C=O) groups excluding carboxylic acids is 1. The van der Waals surface area contributed by atoms with E-state index in [1.807, 2.05) is 24.5 Å². The van der Waals surface area contributed by atoms with Crippen LogP contribution in [0.1, 0.15) is 21.8 Å². The highest BCUT2D eigenvalue weighted by atomic mass is 35.5. The second-order valence-corrected chi connectivity index (χ2v) is 6.04. The fraction of sp³-hybridized carbons (Fsp3) is 0.125. The van der Waals surface area contributed by atoms with Crippen molar-refractivity contribution in [3.05, 3.63) is 63.6 Å². The van der Waals surface area contributed by atoms with Crippen LogP contribution >= 0.6 is 35.0 Å². The minimum Gasteiger partial charge on any atom is -0.292 e. The Hall–Kier alpha value is -1.47. The molecule has 2 aromatic rings. The number of nitrogens with zero attached hydrogens (tertiary/aromatic N) is 1. The van der Waals surface area contributed by atoms with E-state index in [2.05, 4.69) is 0 Å². The Morgan fingerprint density at radius 2 is 1.86 bits per heavy atom. The second kappa shape index (κ2) is 7.00. The highest BCUT2D eigenvalue weighted by molar-refractivity contribution is 7.98. The van der Waals surface area contributed by atoms with Gasteiger partial charge < -0.3 is 0 Å². The summed E-state index contributed by atoms with van der Waals surface area (Å²) in [6.45, 7) is 0. The van der Waals surface area contributed by atoms with Crippen molar-refractivity contribution in [3.8, 4) is 6.07 Å². The third-order valence-electron chi connectivity index (χ3n) is 3.04. The first-order valence-electron chi connectivity index (χ1n) is 6.09. The number of Topliss-reactive ketones (excluding diaryl/α,β-unsaturated/α-hetero) is 1. The fourth-order valence-electron chi connectivity index (χ4n) is 1.93. The molecule has 0 saturated carbocycles. The number of halogens is 2. The van der Waals surface area contributed by atoms with Crippen molar-refractivity contribution in [1.82, 2.24) is 0 Å². The first-order valence-corrected chi connectivity index (χ1v) is 8.07.